The van der Waals surface area contributed by atoms with E-state index >= 15 is 0 Å². The van der Waals surface area contributed by atoms with E-state index in [0.29, 0.717) is 5.56 Å². The monoisotopic (exact) mass is 164 g/mol. The molecule has 0 radical (unpaired) electrons. The van der Waals surface area contributed by atoms with Crippen LogP contribution in [0, 0.1) is 0 Å². The van der Waals surface area contributed by atoms with E-state index in [9.17, 15) is 9.90 Å². The van der Waals surface area contributed by atoms with Gasteiger partial charge in [-0.2, -0.15) is 0 Å². The Kier molecular flexibility index (Phi) is 2.86. The van der Waals surface area contributed by atoms with Crippen LogP contribution in [0.4, 0.5) is 0 Å². The van der Waals surface area contributed by atoms with Gasteiger partial charge in [0.2, 0.25) is 0 Å². The minimum Gasteiger partial charge on any atom is -0.508 e. The van der Waals surface area contributed by atoms with Gasteiger partial charge in [-0.05, 0) is 30.2 Å². The number of hydrogen-bond donors (Lipinski definition) is 1. The van der Waals surface area contributed by atoms with Crippen molar-refractivity contribution in [3.63, 3.8) is 0 Å². The molecule has 0 spiro atoms. The molecule has 2 nitrogen and oxygen atoms in total. The van der Waals surface area contributed by atoms with Crippen LogP contribution in [0.2, 0.25) is 0 Å². The minimum absolute atomic E-state index is 0.169. The molecule has 1 aromatic rings. The fraction of sp³-hybridized carbons (Fsp3) is 0.300. The van der Waals surface area contributed by atoms with E-state index in [4.69, 9.17) is 0 Å². The number of carbonyl (C=O) groups is 1. The maximum absolute atomic E-state index is 10.4. The van der Waals surface area contributed by atoms with Gasteiger partial charge in [0.1, 0.15) is 12.0 Å². The van der Waals surface area contributed by atoms with Crippen LogP contribution in [0.5, 0.6) is 5.75 Å². The smallest absolute Gasteiger partial charge is 0.150 e. The van der Waals surface area contributed by atoms with Gasteiger partial charge in [0, 0.05) is 5.56 Å². The zero-order valence-electron chi connectivity index (χ0n) is 7.08. The summed E-state index contributed by atoms with van der Waals surface area (Å²) < 4.78 is 0. The van der Waals surface area contributed by atoms with Crippen LogP contribution in [-0.2, 0) is 6.42 Å². The van der Waals surface area contributed by atoms with Crippen LogP contribution in [0.25, 0.3) is 0 Å². The summed E-state index contributed by atoms with van der Waals surface area (Å²) in [5.74, 6) is 0.169. The van der Waals surface area contributed by atoms with Crippen molar-refractivity contribution >= 4 is 6.29 Å². The quantitative estimate of drug-likeness (QED) is 0.695. The van der Waals surface area contributed by atoms with Crippen molar-refractivity contribution in [3.8, 4) is 5.75 Å². The highest BCUT2D eigenvalue weighted by Gasteiger charge is 1.97. The molecular weight excluding hydrogens is 152 g/mol. The number of benzene rings is 1. The highest BCUT2D eigenvalue weighted by atomic mass is 16.3. The first-order valence-electron chi connectivity index (χ1n) is 4.04. The lowest BCUT2D eigenvalue weighted by molar-refractivity contribution is 0.112. The summed E-state index contributed by atoms with van der Waals surface area (Å²) in [6.45, 7) is 2.06. The van der Waals surface area contributed by atoms with E-state index in [0.717, 1.165) is 24.7 Å². The van der Waals surface area contributed by atoms with Crippen LogP contribution in [0.15, 0.2) is 18.2 Å². The lowest BCUT2D eigenvalue weighted by Gasteiger charge is -2.00. The highest BCUT2D eigenvalue weighted by Crippen LogP contribution is 2.15. The maximum atomic E-state index is 10.4. The topological polar surface area (TPSA) is 37.3 Å². The summed E-state index contributed by atoms with van der Waals surface area (Å²) in [5.41, 5.74) is 1.55. The molecule has 1 rings (SSSR count). The Morgan fingerprint density at radius 3 is 2.75 bits per heavy atom. The van der Waals surface area contributed by atoms with E-state index in [2.05, 4.69) is 6.92 Å². The number of aromatic hydroxyl groups is 1. The maximum Gasteiger partial charge on any atom is 0.150 e. The van der Waals surface area contributed by atoms with Gasteiger partial charge >= 0.3 is 0 Å². The lowest BCUT2D eigenvalue weighted by atomic mass is 10.1. The van der Waals surface area contributed by atoms with Crippen molar-refractivity contribution in [1.29, 1.82) is 0 Å². The highest BCUT2D eigenvalue weighted by molar-refractivity contribution is 5.75. The molecule has 2 heteroatoms. The molecule has 0 heterocycles. The molecule has 0 saturated heterocycles. The molecule has 0 atom stereocenters. The van der Waals surface area contributed by atoms with Crippen molar-refractivity contribution in [1.82, 2.24) is 0 Å². The second-order valence-electron chi connectivity index (χ2n) is 2.80. The first kappa shape index (κ1) is 8.78. The van der Waals surface area contributed by atoms with E-state index in [1.54, 1.807) is 12.1 Å². The largest absolute Gasteiger partial charge is 0.508 e. The molecule has 1 aromatic carbocycles. The third-order valence-electron chi connectivity index (χ3n) is 1.67. The molecule has 0 aliphatic rings. The van der Waals surface area contributed by atoms with Crippen LogP contribution in [0.1, 0.15) is 29.3 Å². The van der Waals surface area contributed by atoms with Gasteiger partial charge in [-0.15, -0.1) is 0 Å². The number of carbonyl (C=O) groups excluding carboxylic acids is 1. The third-order valence-corrected chi connectivity index (χ3v) is 1.67. The average Bonchev–Trinajstić information content (AvgIpc) is 2.04. The molecule has 0 bridgehead atoms. The lowest BCUT2D eigenvalue weighted by Crippen LogP contribution is -1.86. The van der Waals surface area contributed by atoms with Gasteiger partial charge in [-0.1, -0.05) is 13.3 Å². The predicted octanol–water partition coefficient (Wildman–Crippen LogP) is 2.16. The molecule has 0 fully saturated rings. The SMILES string of the molecule is CCCc1cc(O)cc(C=O)c1. The molecule has 64 valence electrons. The second kappa shape index (κ2) is 3.90. The number of aldehydes is 1. The van der Waals surface area contributed by atoms with Crippen molar-refractivity contribution < 1.29 is 9.90 Å². The van der Waals surface area contributed by atoms with Gasteiger partial charge in [0.25, 0.3) is 0 Å². The van der Waals surface area contributed by atoms with Crippen molar-refractivity contribution in [2.45, 2.75) is 19.8 Å². The number of aryl methyl sites for hydroxylation is 1. The summed E-state index contributed by atoms with van der Waals surface area (Å²) in [7, 11) is 0. The van der Waals surface area contributed by atoms with E-state index in [1.165, 1.54) is 6.07 Å². The number of phenolic OH excluding ortho intramolecular Hbond substituents is 1. The summed E-state index contributed by atoms with van der Waals surface area (Å²) >= 11 is 0. The van der Waals surface area contributed by atoms with Gasteiger partial charge in [-0.25, -0.2) is 0 Å². The van der Waals surface area contributed by atoms with Crippen LogP contribution >= 0.6 is 0 Å². The normalized spacial score (nSPS) is 9.75. The van der Waals surface area contributed by atoms with Crippen molar-refractivity contribution in [2.75, 3.05) is 0 Å². The molecule has 12 heavy (non-hydrogen) atoms. The van der Waals surface area contributed by atoms with Crippen molar-refractivity contribution in [3.05, 3.63) is 29.3 Å². The number of rotatable bonds is 3. The van der Waals surface area contributed by atoms with Crippen LogP contribution < -0.4 is 0 Å². The molecule has 0 aliphatic carbocycles. The average molecular weight is 164 g/mol. The van der Waals surface area contributed by atoms with E-state index in [1.807, 2.05) is 0 Å². The fourth-order valence-electron chi connectivity index (χ4n) is 1.20. The zero-order valence-corrected chi connectivity index (χ0v) is 7.08. The predicted molar refractivity (Wildman–Crippen MR) is 47.5 cm³/mol. The minimum atomic E-state index is 0.169. The summed E-state index contributed by atoms with van der Waals surface area (Å²) in [4.78, 5) is 10.4. The summed E-state index contributed by atoms with van der Waals surface area (Å²) in [6, 6.07) is 4.96. The molecule has 0 aliphatic heterocycles. The van der Waals surface area contributed by atoms with Gasteiger partial charge in [-0.3, -0.25) is 4.79 Å². The first-order chi connectivity index (χ1) is 5.76. The molecule has 1 N–H and O–H groups in total. The first-order valence-corrected chi connectivity index (χ1v) is 4.04. The molecule has 0 saturated carbocycles. The fourth-order valence-corrected chi connectivity index (χ4v) is 1.20. The number of phenols is 1. The number of hydrogen-bond acceptors (Lipinski definition) is 2. The zero-order chi connectivity index (χ0) is 8.97. The summed E-state index contributed by atoms with van der Waals surface area (Å²) in [5, 5.41) is 9.19. The van der Waals surface area contributed by atoms with Crippen molar-refractivity contribution in [2.24, 2.45) is 0 Å². The Labute approximate surface area is 71.8 Å². The standard InChI is InChI=1S/C10H12O2/c1-2-3-8-4-9(7-11)6-10(12)5-8/h4-7,12H,2-3H2,1H3. The Bertz CT molecular complexity index is 279. The third kappa shape index (κ3) is 2.09. The molecule has 0 amide bonds. The molecular formula is C10H12O2. The molecule has 0 aromatic heterocycles. The van der Waals surface area contributed by atoms with Gasteiger partial charge in [0.15, 0.2) is 0 Å². The Morgan fingerprint density at radius 2 is 2.17 bits per heavy atom. The Hall–Kier alpha value is -1.31. The van der Waals surface area contributed by atoms with E-state index < -0.39 is 0 Å². The summed E-state index contributed by atoms with van der Waals surface area (Å²) in [6.07, 6.45) is 2.66. The second-order valence-corrected chi connectivity index (χ2v) is 2.80. The Morgan fingerprint density at radius 1 is 1.42 bits per heavy atom. The Balaban J connectivity index is 2.97. The van der Waals surface area contributed by atoms with Crippen LogP contribution in [0.3, 0.4) is 0 Å². The van der Waals surface area contributed by atoms with Crippen LogP contribution in [-0.4, -0.2) is 11.4 Å². The van der Waals surface area contributed by atoms with Gasteiger partial charge < -0.3 is 5.11 Å². The molecule has 0 unspecified atom stereocenters. The van der Waals surface area contributed by atoms with Gasteiger partial charge in [0.05, 0.1) is 0 Å². The van der Waals surface area contributed by atoms with E-state index in [-0.39, 0.29) is 5.75 Å².